The molecule has 5 rings (SSSR count). The fourth-order valence-corrected chi connectivity index (χ4v) is 10.1. The van der Waals surface area contributed by atoms with Gasteiger partial charge in [-0.2, -0.15) is 0 Å². The summed E-state index contributed by atoms with van der Waals surface area (Å²) in [6, 6.07) is 0. The fraction of sp³-hybridized carbons (Fsp3) is 0.941. The Hall–Kier alpha value is -0.500. The van der Waals surface area contributed by atoms with Crippen molar-refractivity contribution in [2.45, 2.75) is 143 Å². The van der Waals surface area contributed by atoms with Crippen molar-refractivity contribution in [3.8, 4) is 0 Å². The maximum absolute atomic E-state index is 10.5. The summed E-state index contributed by atoms with van der Waals surface area (Å²) in [6.07, 6.45) is 8.56. The number of ether oxygens (including phenoxy) is 2. The van der Waals surface area contributed by atoms with Gasteiger partial charge in [-0.25, -0.2) is 0 Å². The highest BCUT2D eigenvalue weighted by Crippen LogP contribution is 2.67. The van der Waals surface area contributed by atoms with E-state index in [1.807, 2.05) is 0 Å². The van der Waals surface area contributed by atoms with Crippen molar-refractivity contribution in [1.29, 1.82) is 0 Å². The molecular weight excluding hydrogens is 504 g/mol. The molecule has 0 aromatic carbocycles. The predicted octanol–water partition coefficient (Wildman–Crippen LogP) is 5.46. The molecule has 3 saturated carbocycles. The molecule has 1 saturated heterocycles. The van der Waals surface area contributed by atoms with Gasteiger partial charge in [0, 0.05) is 0 Å². The zero-order chi connectivity index (χ0) is 29.0. The van der Waals surface area contributed by atoms with Crippen molar-refractivity contribution in [3.05, 3.63) is 11.6 Å². The summed E-state index contributed by atoms with van der Waals surface area (Å²) in [7, 11) is 0. The third kappa shape index (κ3) is 5.36. The highest BCUT2D eigenvalue weighted by Gasteiger charge is 2.59. The lowest BCUT2D eigenvalue weighted by molar-refractivity contribution is -0.313. The van der Waals surface area contributed by atoms with Gasteiger partial charge in [-0.1, -0.05) is 66.0 Å². The van der Waals surface area contributed by atoms with E-state index in [1.165, 1.54) is 50.5 Å². The van der Waals surface area contributed by atoms with Crippen LogP contribution in [0.4, 0.5) is 0 Å². The molecule has 230 valence electrons. The van der Waals surface area contributed by atoms with Gasteiger partial charge in [0.2, 0.25) is 0 Å². The normalized spacial score (nSPS) is 48.6. The highest BCUT2D eigenvalue weighted by atomic mass is 16.7. The largest absolute Gasteiger partial charge is 0.394 e. The third-order valence-electron chi connectivity index (χ3n) is 13.2. The van der Waals surface area contributed by atoms with E-state index in [-0.39, 0.29) is 11.5 Å². The Labute approximate surface area is 242 Å². The van der Waals surface area contributed by atoms with Crippen LogP contribution in [0.15, 0.2) is 11.6 Å². The van der Waals surface area contributed by atoms with Crippen LogP contribution >= 0.6 is 0 Å². The Balaban J connectivity index is 1.24. The lowest BCUT2D eigenvalue weighted by Crippen LogP contribution is -2.60. The summed E-state index contributed by atoms with van der Waals surface area (Å²) in [6.45, 7) is 14.4. The standard InChI is InChI=1S/C34H58O6/c1-19(2)20(3)7-8-21(4)25-11-12-26-24-10-9-22-17-23(13-15-33(22,5)27(24)14-16-34(25,26)6)39-32-31(38)30(37)29(36)28(18-35)40-32/h9,19-21,23-32,35-38H,7-8,10-18H2,1-6H3/t20-,21+,23+,24-,25-,26+,27-,28+,29+,30-,31+,32+,33+,34-/m0/s1. The molecule has 1 aliphatic heterocycles. The molecule has 0 spiro atoms. The lowest BCUT2D eigenvalue weighted by atomic mass is 9.47. The summed E-state index contributed by atoms with van der Waals surface area (Å²) in [4.78, 5) is 0. The summed E-state index contributed by atoms with van der Waals surface area (Å²) in [5.41, 5.74) is 2.19. The molecule has 0 amide bonds. The maximum atomic E-state index is 10.5. The van der Waals surface area contributed by atoms with E-state index in [0.29, 0.717) is 5.41 Å². The second-order valence-electron chi connectivity index (χ2n) is 15.5. The van der Waals surface area contributed by atoms with Crippen LogP contribution in [0.25, 0.3) is 0 Å². The van der Waals surface area contributed by atoms with Crippen molar-refractivity contribution in [3.63, 3.8) is 0 Å². The van der Waals surface area contributed by atoms with Crippen molar-refractivity contribution in [2.75, 3.05) is 6.61 Å². The van der Waals surface area contributed by atoms with Crippen molar-refractivity contribution >= 4 is 0 Å². The quantitative estimate of drug-likeness (QED) is 0.293. The van der Waals surface area contributed by atoms with E-state index < -0.39 is 37.3 Å². The number of aliphatic hydroxyl groups excluding tert-OH is 4. The van der Waals surface area contributed by atoms with Gasteiger partial charge in [0.15, 0.2) is 6.29 Å². The minimum Gasteiger partial charge on any atom is -0.394 e. The molecule has 5 aliphatic rings. The van der Waals surface area contributed by atoms with Gasteiger partial charge < -0.3 is 29.9 Å². The molecular formula is C34H58O6. The molecule has 4 aliphatic carbocycles. The average molecular weight is 563 g/mol. The number of fused-ring (bicyclic) bond motifs is 5. The van der Waals surface area contributed by atoms with Gasteiger partial charge in [0.25, 0.3) is 0 Å². The molecule has 0 unspecified atom stereocenters. The average Bonchev–Trinajstić information content (AvgIpc) is 3.29. The second-order valence-corrected chi connectivity index (χ2v) is 15.5. The van der Waals surface area contributed by atoms with Crippen LogP contribution in [0.1, 0.15) is 106 Å². The topological polar surface area (TPSA) is 99.4 Å². The van der Waals surface area contributed by atoms with Crippen LogP contribution in [-0.2, 0) is 9.47 Å². The molecule has 6 heteroatoms. The lowest BCUT2D eigenvalue weighted by Gasteiger charge is -2.58. The van der Waals surface area contributed by atoms with Gasteiger partial charge in [0.05, 0.1) is 12.7 Å². The third-order valence-corrected chi connectivity index (χ3v) is 13.2. The Bertz CT molecular complexity index is 903. The van der Waals surface area contributed by atoms with Crippen LogP contribution in [0.2, 0.25) is 0 Å². The molecule has 40 heavy (non-hydrogen) atoms. The first-order valence-electron chi connectivity index (χ1n) is 16.6. The van der Waals surface area contributed by atoms with Crippen LogP contribution < -0.4 is 0 Å². The van der Waals surface area contributed by atoms with E-state index in [1.54, 1.807) is 0 Å². The second kappa shape index (κ2) is 11.9. The van der Waals surface area contributed by atoms with E-state index >= 15 is 0 Å². The smallest absolute Gasteiger partial charge is 0.186 e. The zero-order valence-corrected chi connectivity index (χ0v) is 26.0. The van der Waals surface area contributed by atoms with Crippen LogP contribution in [0, 0.1) is 52.3 Å². The minimum atomic E-state index is -1.40. The minimum absolute atomic E-state index is 0.101. The van der Waals surface area contributed by atoms with Crippen LogP contribution in [0.5, 0.6) is 0 Å². The predicted molar refractivity (Wildman–Crippen MR) is 156 cm³/mol. The Morgan fingerprint density at radius 2 is 1.68 bits per heavy atom. The summed E-state index contributed by atoms with van der Waals surface area (Å²) in [5.74, 6) is 5.60. The van der Waals surface area contributed by atoms with E-state index in [9.17, 15) is 20.4 Å². The molecule has 4 fully saturated rings. The molecule has 0 radical (unpaired) electrons. The number of hydrogen-bond donors (Lipinski definition) is 4. The van der Waals surface area contributed by atoms with E-state index in [0.717, 1.165) is 60.7 Å². The molecule has 0 aromatic heterocycles. The van der Waals surface area contributed by atoms with Crippen molar-refractivity contribution in [2.24, 2.45) is 52.3 Å². The van der Waals surface area contributed by atoms with Crippen LogP contribution in [0.3, 0.4) is 0 Å². The molecule has 14 atom stereocenters. The number of rotatable bonds is 8. The summed E-state index contributed by atoms with van der Waals surface area (Å²) >= 11 is 0. The number of hydrogen-bond acceptors (Lipinski definition) is 6. The molecule has 1 heterocycles. The Morgan fingerprint density at radius 3 is 2.38 bits per heavy atom. The summed E-state index contributed by atoms with van der Waals surface area (Å²) < 4.78 is 11.9. The molecule has 6 nitrogen and oxygen atoms in total. The number of aliphatic hydroxyl groups is 4. The van der Waals surface area contributed by atoms with E-state index in [4.69, 9.17) is 9.47 Å². The van der Waals surface area contributed by atoms with Crippen molar-refractivity contribution < 1.29 is 29.9 Å². The van der Waals surface area contributed by atoms with Gasteiger partial charge in [-0.15, -0.1) is 0 Å². The monoisotopic (exact) mass is 562 g/mol. The first kappa shape index (κ1) is 30.9. The van der Waals surface area contributed by atoms with Gasteiger partial charge in [0.1, 0.15) is 24.4 Å². The first-order chi connectivity index (χ1) is 18.9. The Morgan fingerprint density at radius 1 is 0.925 bits per heavy atom. The fourth-order valence-electron chi connectivity index (χ4n) is 10.1. The van der Waals surface area contributed by atoms with Crippen LogP contribution in [-0.4, -0.2) is 63.8 Å². The molecule has 0 aromatic rings. The SMILES string of the molecule is CC(C)[C@@H](C)CC[C@@H](C)[C@@H]1CC[C@@H]2[C@@H]3CC=C4C[C@H](O[C@@H]5O[C@H](CO)[C@@H](O)[C@H](O)[C@H]5O)CC[C@@]4(C)[C@H]3CC[C@]21C. The van der Waals surface area contributed by atoms with E-state index in [2.05, 4.69) is 47.6 Å². The van der Waals surface area contributed by atoms with Gasteiger partial charge >= 0.3 is 0 Å². The van der Waals surface area contributed by atoms with Crippen molar-refractivity contribution in [1.82, 2.24) is 0 Å². The zero-order valence-electron chi connectivity index (χ0n) is 26.0. The number of allylic oxidation sites excluding steroid dienone is 1. The summed E-state index contributed by atoms with van der Waals surface area (Å²) in [5, 5.41) is 40.3. The Kier molecular flexibility index (Phi) is 9.19. The van der Waals surface area contributed by atoms with Gasteiger partial charge in [-0.3, -0.25) is 0 Å². The molecule has 0 bridgehead atoms. The maximum Gasteiger partial charge on any atom is 0.186 e. The first-order valence-corrected chi connectivity index (χ1v) is 16.6. The highest BCUT2D eigenvalue weighted by molar-refractivity contribution is 5.25. The van der Waals surface area contributed by atoms with Gasteiger partial charge in [-0.05, 0) is 104 Å². The molecule has 4 N–H and O–H groups in total.